The minimum Gasteiger partial charge on any atom is -0.481 e. The van der Waals surface area contributed by atoms with E-state index in [9.17, 15) is 9.18 Å². The molecule has 0 radical (unpaired) electrons. The van der Waals surface area contributed by atoms with Gasteiger partial charge in [0.25, 0.3) is 5.91 Å². The van der Waals surface area contributed by atoms with Crippen LogP contribution < -0.4 is 9.64 Å². The molecule has 0 spiro atoms. The summed E-state index contributed by atoms with van der Waals surface area (Å²) in [5, 5.41) is 0. The maximum atomic E-state index is 13.1. The van der Waals surface area contributed by atoms with Crippen molar-refractivity contribution in [3.8, 4) is 5.75 Å². The lowest BCUT2D eigenvalue weighted by Gasteiger charge is -2.26. The normalized spacial score (nSPS) is 13.4. The number of carbonyl (C=O) groups is 1. The number of amides is 1. The largest absolute Gasteiger partial charge is 0.481 e. The Morgan fingerprint density at radius 1 is 1.44 bits per heavy atom. The minimum atomic E-state index is -0.313. The van der Waals surface area contributed by atoms with Crippen molar-refractivity contribution >= 4 is 11.6 Å². The monoisotopic (exact) mass is 223 g/mol. The van der Waals surface area contributed by atoms with Gasteiger partial charge in [0.2, 0.25) is 0 Å². The number of benzene rings is 1. The third kappa shape index (κ3) is 2.05. The van der Waals surface area contributed by atoms with Crippen LogP contribution in [0.1, 0.15) is 5.56 Å². The van der Waals surface area contributed by atoms with Gasteiger partial charge in [-0.25, -0.2) is 4.39 Å². The summed E-state index contributed by atoms with van der Waals surface area (Å²) < 4.78 is 18.3. The zero-order valence-electron chi connectivity index (χ0n) is 9.42. The number of hydrogen-bond donors (Lipinski definition) is 0. The molecule has 3 nitrogen and oxygen atoms in total. The van der Waals surface area contributed by atoms with Crippen LogP contribution in [0.4, 0.5) is 10.1 Å². The molecule has 0 aliphatic carbocycles. The van der Waals surface area contributed by atoms with Gasteiger partial charge in [-0.3, -0.25) is 4.79 Å². The summed E-state index contributed by atoms with van der Waals surface area (Å²) in [6.07, 6.45) is 0. The Morgan fingerprint density at radius 2 is 2.06 bits per heavy atom. The molecule has 0 bridgehead atoms. The predicted molar refractivity (Wildman–Crippen MR) is 61.3 cm³/mol. The average Bonchev–Trinajstić information content (AvgIpc) is 2.30. The fraction of sp³-hybridized carbons (Fsp3) is 0.250. The van der Waals surface area contributed by atoms with Gasteiger partial charge in [-0.1, -0.05) is 0 Å². The van der Waals surface area contributed by atoms with Crippen molar-refractivity contribution in [2.24, 2.45) is 0 Å². The van der Waals surface area contributed by atoms with Crippen molar-refractivity contribution in [1.29, 1.82) is 0 Å². The van der Waals surface area contributed by atoms with Gasteiger partial charge in [0, 0.05) is 13.1 Å². The second-order valence-corrected chi connectivity index (χ2v) is 3.31. The quantitative estimate of drug-likeness (QED) is 0.631. The summed E-state index contributed by atoms with van der Waals surface area (Å²) in [6.45, 7) is 7.63. The van der Waals surface area contributed by atoms with Gasteiger partial charge in [0.05, 0.1) is 5.69 Å². The molecule has 16 heavy (non-hydrogen) atoms. The van der Waals surface area contributed by atoms with E-state index in [1.54, 1.807) is 20.0 Å². The first-order chi connectivity index (χ1) is 7.59. The summed E-state index contributed by atoms with van der Waals surface area (Å²) in [7, 11) is 1.65. The maximum absolute atomic E-state index is 13.1. The first-order valence-electron chi connectivity index (χ1n) is 4.79. The first-order valence-corrected chi connectivity index (χ1v) is 4.79. The smallest absolute Gasteiger partial charge is 0.264 e. The highest BCUT2D eigenvalue weighted by Gasteiger charge is 2.23. The van der Waals surface area contributed by atoms with E-state index in [1.807, 2.05) is 0 Å². The third-order valence-corrected chi connectivity index (χ3v) is 2.33. The standard InChI is InChI=1S/C10H10FNO2.C2H4/c1-6-3-8-9(4-7(6)11)14-5-10(13)12(8)2;1-2/h3-4H,5H2,1-2H3;1-2H2. The molecule has 4 heteroatoms. The molecule has 2 rings (SSSR count). The number of rotatable bonds is 0. The highest BCUT2D eigenvalue weighted by atomic mass is 19.1. The van der Waals surface area contributed by atoms with E-state index in [1.165, 1.54) is 11.0 Å². The number of likely N-dealkylation sites (N-methyl/N-ethyl adjacent to an activating group) is 1. The molecule has 1 aromatic rings. The maximum Gasteiger partial charge on any atom is 0.264 e. The number of hydrogen-bond acceptors (Lipinski definition) is 2. The van der Waals surface area contributed by atoms with E-state index in [-0.39, 0.29) is 18.3 Å². The summed E-state index contributed by atoms with van der Waals surface area (Å²) >= 11 is 0. The topological polar surface area (TPSA) is 29.5 Å². The number of nitrogens with zero attached hydrogens (tertiary/aromatic N) is 1. The second kappa shape index (κ2) is 4.79. The van der Waals surface area contributed by atoms with Gasteiger partial charge >= 0.3 is 0 Å². The Balaban J connectivity index is 0.000000606. The van der Waals surface area contributed by atoms with E-state index < -0.39 is 0 Å². The van der Waals surface area contributed by atoms with Gasteiger partial charge in [-0.15, -0.1) is 13.2 Å². The molecule has 1 aliphatic rings. The van der Waals surface area contributed by atoms with E-state index in [0.29, 0.717) is 17.0 Å². The lowest BCUT2D eigenvalue weighted by Crippen LogP contribution is -2.35. The molecule has 0 atom stereocenters. The molecule has 0 unspecified atom stereocenters. The molecule has 0 N–H and O–H groups in total. The highest BCUT2D eigenvalue weighted by molar-refractivity contribution is 5.97. The van der Waals surface area contributed by atoms with Crippen LogP contribution in [0.15, 0.2) is 25.3 Å². The third-order valence-electron chi connectivity index (χ3n) is 2.33. The summed E-state index contributed by atoms with van der Waals surface area (Å²) in [5.41, 5.74) is 1.13. The van der Waals surface area contributed by atoms with Gasteiger partial charge in [-0.05, 0) is 18.6 Å². The highest BCUT2D eigenvalue weighted by Crippen LogP contribution is 2.33. The molecular formula is C12H14FNO2. The molecule has 1 heterocycles. The number of anilines is 1. The van der Waals surface area contributed by atoms with Gasteiger partial charge in [0.1, 0.15) is 11.6 Å². The predicted octanol–water partition coefficient (Wildman–Crippen LogP) is 2.29. The molecule has 86 valence electrons. The zero-order chi connectivity index (χ0) is 12.3. The Kier molecular flexibility index (Phi) is 3.66. The van der Waals surface area contributed by atoms with Crippen molar-refractivity contribution in [3.63, 3.8) is 0 Å². The number of aryl methyl sites for hydroxylation is 1. The zero-order valence-corrected chi connectivity index (χ0v) is 9.42. The SMILES string of the molecule is C=C.Cc1cc2c(cc1F)OCC(=O)N2C. The van der Waals surface area contributed by atoms with Crippen molar-refractivity contribution in [2.75, 3.05) is 18.6 Å². The second-order valence-electron chi connectivity index (χ2n) is 3.31. The Hall–Kier alpha value is -1.84. The van der Waals surface area contributed by atoms with Crippen molar-refractivity contribution in [3.05, 3.63) is 36.7 Å². The van der Waals surface area contributed by atoms with Crippen molar-refractivity contribution in [2.45, 2.75) is 6.92 Å². The van der Waals surface area contributed by atoms with Crippen LogP contribution in [-0.4, -0.2) is 19.6 Å². The average molecular weight is 223 g/mol. The Bertz CT molecular complexity index is 418. The van der Waals surface area contributed by atoms with Gasteiger partial charge < -0.3 is 9.64 Å². The first kappa shape index (κ1) is 12.2. The fourth-order valence-electron chi connectivity index (χ4n) is 1.40. The van der Waals surface area contributed by atoms with E-state index in [4.69, 9.17) is 4.74 Å². The molecule has 1 aliphatic heterocycles. The molecule has 0 saturated carbocycles. The van der Waals surface area contributed by atoms with Crippen LogP contribution in [0, 0.1) is 12.7 Å². The van der Waals surface area contributed by atoms with E-state index >= 15 is 0 Å². The molecule has 0 fully saturated rings. The Morgan fingerprint density at radius 3 is 2.69 bits per heavy atom. The van der Waals surface area contributed by atoms with Crippen LogP contribution in [-0.2, 0) is 4.79 Å². The van der Waals surface area contributed by atoms with Gasteiger partial charge in [-0.2, -0.15) is 0 Å². The van der Waals surface area contributed by atoms with Crippen LogP contribution in [0.25, 0.3) is 0 Å². The van der Waals surface area contributed by atoms with Gasteiger partial charge in [0.15, 0.2) is 6.61 Å². The number of carbonyl (C=O) groups excluding carboxylic acids is 1. The summed E-state index contributed by atoms with van der Waals surface area (Å²) in [6, 6.07) is 2.93. The fourth-order valence-corrected chi connectivity index (χ4v) is 1.40. The van der Waals surface area contributed by atoms with Crippen LogP contribution in [0.5, 0.6) is 5.75 Å². The lowest BCUT2D eigenvalue weighted by atomic mass is 10.1. The number of fused-ring (bicyclic) bond motifs is 1. The van der Waals surface area contributed by atoms with Crippen molar-refractivity contribution < 1.29 is 13.9 Å². The molecule has 1 amide bonds. The van der Waals surface area contributed by atoms with Crippen LogP contribution in [0.3, 0.4) is 0 Å². The molecular weight excluding hydrogens is 209 g/mol. The van der Waals surface area contributed by atoms with Crippen molar-refractivity contribution in [1.82, 2.24) is 0 Å². The minimum absolute atomic E-state index is 0.0218. The number of ether oxygens (including phenoxy) is 1. The van der Waals surface area contributed by atoms with E-state index in [0.717, 1.165) is 0 Å². The summed E-state index contributed by atoms with van der Waals surface area (Å²) in [4.78, 5) is 12.7. The molecule has 1 aromatic carbocycles. The Labute approximate surface area is 94.1 Å². The van der Waals surface area contributed by atoms with Crippen LogP contribution >= 0.6 is 0 Å². The lowest BCUT2D eigenvalue weighted by molar-refractivity contribution is -0.120. The summed E-state index contributed by atoms with van der Waals surface area (Å²) in [5.74, 6) is -0.00907. The molecule has 0 saturated heterocycles. The van der Waals surface area contributed by atoms with E-state index in [2.05, 4.69) is 13.2 Å². The molecule has 0 aromatic heterocycles. The number of halogens is 1. The van der Waals surface area contributed by atoms with Crippen LogP contribution in [0.2, 0.25) is 0 Å².